The van der Waals surface area contributed by atoms with Gasteiger partial charge in [-0.15, -0.1) is 0 Å². The van der Waals surface area contributed by atoms with E-state index in [1.807, 2.05) is 19.1 Å². The third-order valence-corrected chi connectivity index (χ3v) is 5.80. The van der Waals surface area contributed by atoms with Crippen LogP contribution in [-0.2, 0) is 16.1 Å². The lowest BCUT2D eigenvalue weighted by Gasteiger charge is -2.22. The average molecular weight is 463 g/mol. The highest BCUT2D eigenvalue weighted by Gasteiger charge is 2.19. The molecule has 178 valence electrons. The molecule has 1 aliphatic rings. The molecule has 7 heteroatoms. The van der Waals surface area contributed by atoms with E-state index >= 15 is 0 Å². The molecular weight excluding hydrogens is 431 g/mol. The molecule has 3 aromatic rings. The molecule has 2 aromatic carbocycles. The first kappa shape index (κ1) is 23.8. The van der Waals surface area contributed by atoms with E-state index in [2.05, 4.69) is 35.2 Å². The number of ether oxygens (including phenoxy) is 2. The summed E-state index contributed by atoms with van der Waals surface area (Å²) in [6.07, 6.45) is 5.68. The van der Waals surface area contributed by atoms with Gasteiger partial charge in [0.05, 0.1) is 18.7 Å². The Morgan fingerprint density at radius 2 is 1.88 bits per heavy atom. The summed E-state index contributed by atoms with van der Waals surface area (Å²) in [5.74, 6) is 1.38. The van der Waals surface area contributed by atoms with Crippen molar-refractivity contribution < 1.29 is 13.9 Å². The van der Waals surface area contributed by atoms with E-state index in [9.17, 15) is 4.39 Å². The van der Waals surface area contributed by atoms with Crippen LogP contribution < -0.4 is 5.32 Å². The molecule has 0 fully saturated rings. The van der Waals surface area contributed by atoms with Crippen LogP contribution in [0, 0.1) is 11.7 Å². The number of anilines is 1. The van der Waals surface area contributed by atoms with Crippen LogP contribution in [0.1, 0.15) is 39.2 Å². The standard InChI is InChI=1S/C27H31FN4O2/c1-17(2)24-7-5-6-12-34-27(32-24)18(3)31-26-23-14-20(19-8-10-22(28)11-9-19)13-21(15-33-4)25(23)29-16-30-26/h7-11,13-14,16-18H,5-6,12,15H2,1-4H3,(H,29,30,31)/b24-7+,32-27?. The Balaban J connectivity index is 1.74. The molecule has 0 radical (unpaired) electrons. The van der Waals surface area contributed by atoms with Gasteiger partial charge in [-0.3, -0.25) is 0 Å². The number of benzene rings is 2. The van der Waals surface area contributed by atoms with Gasteiger partial charge in [0.25, 0.3) is 0 Å². The molecule has 0 aliphatic carbocycles. The van der Waals surface area contributed by atoms with Crippen LogP contribution in [0.2, 0.25) is 0 Å². The van der Waals surface area contributed by atoms with E-state index in [1.165, 1.54) is 12.1 Å². The third kappa shape index (κ3) is 5.42. The lowest BCUT2D eigenvalue weighted by Crippen LogP contribution is -2.30. The number of fused-ring (bicyclic) bond motifs is 1. The van der Waals surface area contributed by atoms with Gasteiger partial charge in [-0.25, -0.2) is 19.4 Å². The maximum atomic E-state index is 13.5. The molecule has 6 nitrogen and oxygen atoms in total. The summed E-state index contributed by atoms with van der Waals surface area (Å²) in [6.45, 7) is 7.32. The van der Waals surface area contributed by atoms with Gasteiger partial charge < -0.3 is 14.8 Å². The Labute approximate surface area is 199 Å². The molecule has 1 aliphatic heterocycles. The quantitative estimate of drug-likeness (QED) is 0.457. The Morgan fingerprint density at radius 3 is 2.62 bits per heavy atom. The summed E-state index contributed by atoms with van der Waals surface area (Å²) in [7, 11) is 1.66. The Morgan fingerprint density at radius 1 is 1.09 bits per heavy atom. The van der Waals surface area contributed by atoms with Gasteiger partial charge in [-0.05, 0) is 61.1 Å². The van der Waals surface area contributed by atoms with Crippen molar-refractivity contribution in [3.63, 3.8) is 0 Å². The summed E-state index contributed by atoms with van der Waals surface area (Å²) in [6, 6.07) is 10.3. The molecule has 0 saturated heterocycles. The second-order valence-corrected chi connectivity index (χ2v) is 8.78. The van der Waals surface area contributed by atoms with E-state index in [4.69, 9.17) is 14.5 Å². The van der Waals surface area contributed by atoms with Gasteiger partial charge in [0, 0.05) is 23.8 Å². The van der Waals surface area contributed by atoms with Crippen LogP contribution in [-0.4, -0.2) is 35.6 Å². The van der Waals surface area contributed by atoms with E-state index in [0.29, 0.717) is 30.8 Å². The summed E-state index contributed by atoms with van der Waals surface area (Å²) >= 11 is 0. The fourth-order valence-corrected chi connectivity index (χ4v) is 4.00. The lowest BCUT2D eigenvalue weighted by molar-refractivity contribution is 0.186. The van der Waals surface area contributed by atoms with Gasteiger partial charge in [-0.2, -0.15) is 0 Å². The van der Waals surface area contributed by atoms with Gasteiger partial charge in [0.1, 0.15) is 24.0 Å². The molecule has 0 amide bonds. The number of halogens is 1. The van der Waals surface area contributed by atoms with Crippen molar-refractivity contribution in [2.75, 3.05) is 19.0 Å². The molecule has 1 unspecified atom stereocenters. The Kier molecular flexibility index (Phi) is 7.53. The summed E-state index contributed by atoms with van der Waals surface area (Å²) in [5, 5.41) is 4.34. The van der Waals surface area contributed by atoms with Crippen molar-refractivity contribution in [1.29, 1.82) is 0 Å². The number of methoxy groups -OCH3 is 1. The predicted molar refractivity (Wildman–Crippen MR) is 134 cm³/mol. The minimum absolute atomic E-state index is 0.196. The number of aromatic nitrogens is 2. The van der Waals surface area contributed by atoms with Crippen molar-refractivity contribution >= 4 is 22.6 Å². The average Bonchev–Trinajstić information content (AvgIpc) is 2.79. The molecule has 0 spiro atoms. The fourth-order valence-electron chi connectivity index (χ4n) is 4.00. The van der Waals surface area contributed by atoms with Crippen molar-refractivity contribution in [2.45, 2.75) is 46.3 Å². The second-order valence-electron chi connectivity index (χ2n) is 8.78. The van der Waals surface area contributed by atoms with Crippen molar-refractivity contribution in [1.82, 2.24) is 9.97 Å². The topological polar surface area (TPSA) is 68.6 Å². The van der Waals surface area contributed by atoms with Gasteiger partial charge in [-0.1, -0.05) is 32.1 Å². The molecule has 34 heavy (non-hydrogen) atoms. The van der Waals surface area contributed by atoms with Crippen LogP contribution in [0.4, 0.5) is 10.2 Å². The number of aliphatic imine (C=N–C) groups is 1. The molecule has 0 bridgehead atoms. The zero-order chi connectivity index (χ0) is 24.1. The molecule has 2 heterocycles. The summed E-state index contributed by atoms with van der Waals surface area (Å²) in [5.41, 5.74) is 4.62. The van der Waals surface area contributed by atoms with E-state index in [-0.39, 0.29) is 11.9 Å². The monoisotopic (exact) mass is 462 g/mol. The first-order valence-corrected chi connectivity index (χ1v) is 11.7. The van der Waals surface area contributed by atoms with E-state index < -0.39 is 0 Å². The highest BCUT2D eigenvalue weighted by Crippen LogP contribution is 2.31. The number of hydrogen-bond donors (Lipinski definition) is 1. The van der Waals surface area contributed by atoms with Gasteiger partial charge in [0.2, 0.25) is 5.90 Å². The maximum Gasteiger partial charge on any atom is 0.211 e. The first-order valence-electron chi connectivity index (χ1n) is 11.7. The van der Waals surface area contributed by atoms with E-state index in [0.717, 1.165) is 46.1 Å². The van der Waals surface area contributed by atoms with Crippen LogP contribution in [0.3, 0.4) is 0 Å². The highest BCUT2D eigenvalue weighted by atomic mass is 19.1. The summed E-state index contributed by atoms with van der Waals surface area (Å²) in [4.78, 5) is 13.9. The van der Waals surface area contributed by atoms with Crippen LogP contribution >= 0.6 is 0 Å². The minimum atomic E-state index is -0.268. The molecule has 1 atom stereocenters. The van der Waals surface area contributed by atoms with Gasteiger partial charge >= 0.3 is 0 Å². The second kappa shape index (κ2) is 10.7. The summed E-state index contributed by atoms with van der Waals surface area (Å²) < 4.78 is 25.0. The lowest BCUT2D eigenvalue weighted by atomic mass is 9.99. The van der Waals surface area contributed by atoms with E-state index in [1.54, 1.807) is 25.6 Å². The molecule has 0 saturated carbocycles. The maximum absolute atomic E-state index is 13.5. The minimum Gasteiger partial charge on any atom is -0.479 e. The molecule has 4 rings (SSSR count). The van der Waals surface area contributed by atoms with Crippen molar-refractivity contribution in [3.8, 4) is 11.1 Å². The first-order chi connectivity index (χ1) is 16.5. The van der Waals surface area contributed by atoms with Crippen LogP contribution in [0.25, 0.3) is 22.0 Å². The molecule has 1 N–H and O–H groups in total. The zero-order valence-corrected chi connectivity index (χ0v) is 20.1. The molecular formula is C27H31FN4O2. The van der Waals surface area contributed by atoms with Gasteiger partial charge in [0.15, 0.2) is 0 Å². The van der Waals surface area contributed by atoms with Crippen LogP contribution in [0.15, 0.2) is 59.5 Å². The zero-order valence-electron chi connectivity index (χ0n) is 20.1. The SMILES string of the molecule is COCc1cc(-c2ccc(F)cc2)cc2c(NC(C)C3=N/C(C(C)C)=C/CCCO3)ncnc12. The fraction of sp³-hybridized carbons (Fsp3) is 0.370. The number of nitrogens with zero attached hydrogens (tertiary/aromatic N) is 3. The Hall–Kier alpha value is -3.32. The number of rotatable bonds is 7. The Bertz CT molecular complexity index is 1210. The molecule has 1 aromatic heterocycles. The third-order valence-electron chi connectivity index (χ3n) is 5.80. The number of allylic oxidation sites excluding steroid dienone is 2. The largest absolute Gasteiger partial charge is 0.479 e. The predicted octanol–water partition coefficient (Wildman–Crippen LogP) is 6.13. The normalized spacial score (nSPS) is 16.8. The van der Waals surface area contributed by atoms with Crippen molar-refractivity contribution in [2.24, 2.45) is 10.9 Å². The highest BCUT2D eigenvalue weighted by molar-refractivity contribution is 5.96. The van der Waals surface area contributed by atoms with Crippen molar-refractivity contribution in [3.05, 3.63) is 65.9 Å². The number of nitrogens with one attached hydrogen (secondary N) is 1. The number of hydrogen-bond acceptors (Lipinski definition) is 6. The van der Waals surface area contributed by atoms with Crippen LogP contribution in [0.5, 0.6) is 0 Å². The smallest absolute Gasteiger partial charge is 0.211 e.